The Morgan fingerprint density at radius 2 is 0.989 bits per heavy atom. The standard InChI is InChI=1S/C62H72N4O23/c1-32-44(30-81-46(68)21-25-63-39-13-9-7-11-37(39)59(2,3)61(63)23-19-33-27-35(65(76)77)15-17-41(33)88-61)84-57(51(73)48(32)70)86-54-43(29-67)83-58(53(75)50(54)72)87-55-45(85-56(80-6)52(74)49(55)71)31-82-47(69)22-26-64-40-14-10-8-12-38(40)60(4,5)62(64)24-20-34-28-36(66(78)79)16-18-42(34)89-62/h7-20,23-24,27-28,32,43-45,48-58,67,70-75H,21-22,25-26,29-31H2,1-6H3/t32-,43?,44+,45+,48?,49?,50-,51?,52?,53?,54-,55-,56-,57+,58+,61?,62?/m1/s1. The number of nitro benzene ring substituents is 2. The van der Waals surface area contributed by atoms with Crippen molar-refractivity contribution in [2.75, 3.05) is 49.8 Å². The first-order valence-electron chi connectivity index (χ1n) is 29.2. The van der Waals surface area contributed by atoms with Gasteiger partial charge in [0, 0.05) is 72.9 Å². The molecule has 0 bridgehead atoms. The molecule has 4 aromatic carbocycles. The third-order valence-corrected chi connectivity index (χ3v) is 18.5. The van der Waals surface area contributed by atoms with Gasteiger partial charge in [-0.1, -0.05) is 43.3 Å². The van der Waals surface area contributed by atoms with E-state index in [2.05, 4.69) is 0 Å². The maximum atomic E-state index is 13.8. The second-order valence-corrected chi connectivity index (χ2v) is 24.2. The summed E-state index contributed by atoms with van der Waals surface area (Å²) < 4.78 is 60.2. The Morgan fingerprint density at radius 1 is 0.573 bits per heavy atom. The van der Waals surface area contributed by atoms with Gasteiger partial charge in [0.15, 0.2) is 18.9 Å². The summed E-state index contributed by atoms with van der Waals surface area (Å²) in [5, 5.41) is 102. The first kappa shape index (κ1) is 63.4. The molecular formula is C62H72N4O23. The van der Waals surface area contributed by atoms with Crippen LogP contribution in [0.3, 0.4) is 0 Å². The van der Waals surface area contributed by atoms with E-state index in [9.17, 15) is 65.6 Å². The largest absolute Gasteiger partial charge is 0.463 e. The van der Waals surface area contributed by atoms with E-state index >= 15 is 0 Å². The number of hydrogen-bond donors (Lipinski definition) is 7. The Balaban J connectivity index is 0.718. The third kappa shape index (κ3) is 11.1. The number of benzene rings is 4. The summed E-state index contributed by atoms with van der Waals surface area (Å²) in [6, 6.07) is 23.8. The van der Waals surface area contributed by atoms with E-state index in [4.69, 9.17) is 47.4 Å². The van der Waals surface area contributed by atoms with Crippen molar-refractivity contribution in [3.8, 4) is 11.5 Å². The number of aliphatic hydroxyl groups excluding tert-OH is 7. The van der Waals surface area contributed by atoms with Crippen LogP contribution >= 0.6 is 0 Å². The van der Waals surface area contributed by atoms with Gasteiger partial charge < -0.3 is 92.9 Å². The monoisotopic (exact) mass is 1240 g/mol. The number of carbonyl (C=O) groups excluding carboxylic acids is 2. The van der Waals surface area contributed by atoms with Crippen molar-refractivity contribution in [1.82, 2.24) is 0 Å². The van der Waals surface area contributed by atoms with Gasteiger partial charge in [0.2, 0.25) is 11.4 Å². The van der Waals surface area contributed by atoms with Crippen LogP contribution in [-0.4, -0.2) is 195 Å². The predicted molar refractivity (Wildman–Crippen MR) is 311 cm³/mol. The van der Waals surface area contributed by atoms with Crippen molar-refractivity contribution < 1.29 is 103 Å². The lowest BCUT2D eigenvalue weighted by molar-refractivity contribution is -0.385. The van der Waals surface area contributed by atoms with E-state index in [1.807, 2.05) is 98.2 Å². The van der Waals surface area contributed by atoms with E-state index in [0.717, 1.165) is 22.5 Å². The van der Waals surface area contributed by atoms with Gasteiger partial charge in [-0.25, -0.2) is 0 Å². The highest BCUT2D eigenvalue weighted by atomic mass is 16.8. The topological polar surface area (TPSA) is 361 Å². The van der Waals surface area contributed by atoms with E-state index in [1.54, 1.807) is 25.1 Å². The number of ether oxygens (including phenoxy) is 10. The maximum absolute atomic E-state index is 13.8. The molecule has 27 nitrogen and oxygen atoms in total. The lowest BCUT2D eigenvalue weighted by atomic mass is 9.76. The van der Waals surface area contributed by atoms with Crippen LogP contribution < -0.4 is 19.3 Å². The number of anilines is 2. The zero-order valence-electron chi connectivity index (χ0n) is 49.5. The van der Waals surface area contributed by atoms with Crippen LogP contribution in [0.4, 0.5) is 22.7 Å². The molecule has 7 aliphatic heterocycles. The molecule has 8 unspecified atom stereocenters. The van der Waals surface area contributed by atoms with Crippen LogP contribution in [-0.2, 0) is 58.3 Å². The van der Waals surface area contributed by atoms with Crippen LogP contribution in [0, 0.1) is 26.1 Å². The fourth-order valence-corrected chi connectivity index (χ4v) is 13.3. The number of methoxy groups -OCH3 is 1. The minimum Gasteiger partial charge on any atom is -0.463 e. The molecule has 3 fully saturated rings. The Morgan fingerprint density at radius 3 is 1.45 bits per heavy atom. The number of aliphatic hydroxyl groups is 7. The highest BCUT2D eigenvalue weighted by Crippen LogP contribution is 2.57. The van der Waals surface area contributed by atoms with Gasteiger partial charge in [-0.15, -0.1) is 0 Å². The summed E-state index contributed by atoms with van der Waals surface area (Å²) in [5.74, 6) is -1.46. The number of carbonyl (C=O) groups is 2. The molecule has 7 aliphatic rings. The Bertz CT molecular complexity index is 3400. The lowest BCUT2D eigenvalue weighted by Gasteiger charge is -2.48. The Hall–Kier alpha value is -7.22. The van der Waals surface area contributed by atoms with Gasteiger partial charge in [-0.3, -0.25) is 29.8 Å². The van der Waals surface area contributed by atoms with E-state index in [0.29, 0.717) is 22.6 Å². The molecule has 0 saturated carbocycles. The molecule has 11 rings (SSSR count). The van der Waals surface area contributed by atoms with Crippen molar-refractivity contribution in [3.63, 3.8) is 0 Å². The third-order valence-electron chi connectivity index (χ3n) is 18.5. The average molecular weight is 1240 g/mol. The Kier molecular flexibility index (Phi) is 17.5. The molecule has 0 amide bonds. The minimum absolute atomic E-state index is 0.0433. The molecule has 2 spiro atoms. The molecule has 7 heterocycles. The van der Waals surface area contributed by atoms with Gasteiger partial charge in [-0.2, -0.15) is 0 Å². The number of nitrogens with zero attached hydrogens (tertiary/aromatic N) is 4. The molecule has 17 atom stereocenters. The minimum atomic E-state index is -2.05. The number of hydrogen-bond acceptors (Lipinski definition) is 25. The quantitative estimate of drug-likeness (QED) is 0.0427. The normalized spacial score (nSPS) is 33.6. The summed E-state index contributed by atoms with van der Waals surface area (Å²) in [6.45, 7) is 7.71. The van der Waals surface area contributed by atoms with E-state index < -0.39 is 156 Å². The molecule has 27 heteroatoms. The van der Waals surface area contributed by atoms with Crippen molar-refractivity contribution in [3.05, 3.63) is 140 Å². The summed E-state index contributed by atoms with van der Waals surface area (Å²) in [6.07, 6.45) is -16.8. The summed E-state index contributed by atoms with van der Waals surface area (Å²) in [5.41, 5.74) is 0.414. The van der Waals surface area contributed by atoms with Crippen molar-refractivity contribution in [2.24, 2.45) is 5.92 Å². The number of esters is 2. The van der Waals surface area contributed by atoms with Gasteiger partial charge in [0.1, 0.15) is 79.6 Å². The van der Waals surface area contributed by atoms with Crippen LogP contribution in [0.25, 0.3) is 12.2 Å². The van der Waals surface area contributed by atoms with Gasteiger partial charge >= 0.3 is 11.9 Å². The summed E-state index contributed by atoms with van der Waals surface area (Å²) >= 11 is 0. The first-order chi connectivity index (χ1) is 42.4. The van der Waals surface area contributed by atoms with Crippen LogP contribution in [0.1, 0.15) is 69.7 Å². The number of para-hydroxylation sites is 2. The zero-order chi connectivity index (χ0) is 63.6. The maximum Gasteiger partial charge on any atom is 0.307 e. The lowest BCUT2D eigenvalue weighted by Crippen LogP contribution is -2.66. The molecule has 0 radical (unpaired) electrons. The number of rotatable bonds is 18. The van der Waals surface area contributed by atoms with Gasteiger partial charge in [-0.05, 0) is 87.4 Å². The highest BCUT2D eigenvalue weighted by Gasteiger charge is 2.61. The molecule has 3 saturated heterocycles. The van der Waals surface area contributed by atoms with Gasteiger partial charge in [0.05, 0.1) is 52.3 Å². The van der Waals surface area contributed by atoms with Crippen LogP contribution in [0.5, 0.6) is 11.5 Å². The molecule has 0 aliphatic carbocycles. The zero-order valence-corrected chi connectivity index (χ0v) is 49.5. The Labute approximate surface area is 510 Å². The molecule has 478 valence electrons. The average Bonchev–Trinajstić information content (AvgIpc) is 1.57. The van der Waals surface area contributed by atoms with Crippen molar-refractivity contribution >= 4 is 46.8 Å². The van der Waals surface area contributed by atoms with E-state index in [-0.39, 0.29) is 37.3 Å². The highest BCUT2D eigenvalue weighted by molar-refractivity contribution is 5.77. The fraction of sp³-hybridized carbons (Fsp3) is 0.516. The molecular weight excluding hydrogens is 1170 g/mol. The number of non-ortho nitro benzene ring substituents is 2. The SMILES string of the molecule is CO[C@@H]1O[C@@H](COC(=O)CCN2c3ccccc3C(C)(C)C23C=Cc2cc([N+](=O)[O-])ccc2O3)[C@@H](O[C@@H]2OC(CO)[C@@H](O[C@@H]3O[C@@H](COC(=O)CCN4c5ccccc5C(C)(C)C45C=Cc4cc([N+](=O)[O-])ccc4O5)[C@@H](C)C(O)C3O)[C@H](O)C2O)C(O)C1O. The molecule has 4 aromatic rings. The second-order valence-electron chi connectivity index (χ2n) is 24.2. The smallest absolute Gasteiger partial charge is 0.307 e. The molecule has 89 heavy (non-hydrogen) atoms. The fourth-order valence-electron chi connectivity index (χ4n) is 13.3. The summed E-state index contributed by atoms with van der Waals surface area (Å²) in [7, 11) is 1.20. The van der Waals surface area contributed by atoms with Gasteiger partial charge in [0.25, 0.3) is 11.4 Å². The van der Waals surface area contributed by atoms with Crippen LogP contribution in [0.15, 0.2) is 97.1 Å². The first-order valence-corrected chi connectivity index (χ1v) is 29.2. The van der Waals surface area contributed by atoms with E-state index in [1.165, 1.54) is 37.4 Å². The van der Waals surface area contributed by atoms with Crippen LogP contribution in [0.2, 0.25) is 0 Å². The van der Waals surface area contributed by atoms with Crippen molar-refractivity contribution in [2.45, 2.75) is 156 Å². The molecule has 7 N–H and O–H groups in total. The predicted octanol–water partition coefficient (Wildman–Crippen LogP) is 3.25. The van der Waals surface area contributed by atoms with Crippen molar-refractivity contribution in [1.29, 1.82) is 0 Å². The summed E-state index contributed by atoms with van der Waals surface area (Å²) in [4.78, 5) is 53.5. The molecule has 0 aromatic heterocycles. The second kappa shape index (κ2) is 24.5. The number of fused-ring (bicyclic) bond motifs is 4. The number of nitro groups is 2.